The van der Waals surface area contributed by atoms with Crippen molar-refractivity contribution in [2.45, 2.75) is 109 Å². The molecular weight excluding hydrogens is 783 g/mol. The highest BCUT2D eigenvalue weighted by Gasteiger charge is 2.51. The van der Waals surface area contributed by atoms with E-state index in [0.717, 1.165) is 19.4 Å². The number of esters is 3. The van der Waals surface area contributed by atoms with Crippen LogP contribution >= 0.6 is 6.72 Å². The smallest absolute Gasteiger partial charge is 0.463 e. The van der Waals surface area contributed by atoms with Crippen LogP contribution in [0.2, 0.25) is 0 Å². The molecule has 2 amide bonds. The quantitative estimate of drug-likeness (QED) is 0.0736. The van der Waals surface area contributed by atoms with E-state index in [1.165, 1.54) is 28.1 Å². The number of nitrogens with one attached hydrogen (secondary N) is 2. The number of carbonyl (C=O) groups is 6. The van der Waals surface area contributed by atoms with E-state index < -0.39 is 91.5 Å². The maximum Gasteiger partial charge on any atom is 0.508 e. The van der Waals surface area contributed by atoms with Crippen molar-refractivity contribution < 1.29 is 80.6 Å². The Morgan fingerprint density at radius 2 is 1.52 bits per heavy atom. The molecule has 0 radical (unpaired) electrons. The highest BCUT2D eigenvalue weighted by atomic mass is 32.5. The van der Waals surface area contributed by atoms with Gasteiger partial charge in [-0.15, -0.1) is 0 Å². The van der Waals surface area contributed by atoms with Gasteiger partial charge in [-0.2, -0.15) is 0 Å². The molecule has 0 bridgehead atoms. The number of benzene rings is 1. The van der Waals surface area contributed by atoms with Gasteiger partial charge in [-0.3, -0.25) is 24.0 Å². The Morgan fingerprint density at radius 3 is 2.12 bits per heavy atom. The van der Waals surface area contributed by atoms with E-state index in [0.29, 0.717) is 12.8 Å². The van der Waals surface area contributed by atoms with Gasteiger partial charge in [-0.25, -0.2) is 4.79 Å². The summed E-state index contributed by atoms with van der Waals surface area (Å²) in [4.78, 5) is 83.8. The molecule has 2 aliphatic rings. The zero-order valence-electron chi connectivity index (χ0n) is 32.1. The zero-order chi connectivity index (χ0) is 41.4. The van der Waals surface area contributed by atoms with Crippen molar-refractivity contribution in [3.63, 3.8) is 0 Å². The van der Waals surface area contributed by atoms with E-state index in [9.17, 15) is 33.7 Å². The van der Waals surface area contributed by atoms with E-state index in [1.54, 1.807) is 12.1 Å². The largest absolute Gasteiger partial charge is 0.508 e. The van der Waals surface area contributed by atoms with Crippen molar-refractivity contribution in [2.24, 2.45) is 5.92 Å². The Labute approximate surface area is 329 Å². The molecule has 56 heavy (non-hydrogen) atoms. The van der Waals surface area contributed by atoms with Crippen LogP contribution in [0.25, 0.3) is 0 Å². The first-order valence-electron chi connectivity index (χ1n) is 17.8. The fourth-order valence-electron chi connectivity index (χ4n) is 6.27. The number of hydrogen-bond acceptors (Lipinski definition) is 17. The standard InChI is InChI=1S/C35H51N2O17PS/c1-20(38)36-29-33(52-23(4)41)32(51-22(3)40)27(19-48-21(2)39)53-34(29)47-15-11-10-14-28(42)37-26-16-25(30(31(26)45-5)54-55(44,56)46-6)18-50-35(43)49-17-24-12-8-7-9-13-24/h7-9,12-13,25-27,29-34H,10-11,14-19H2,1-6H3,(H,36,38)(H,37,42)(H,44,56)/t25-,26-,27-,29-,30?,31-,32+,33-,34-,55?/m1/s1. The molecule has 3 rings (SSSR count). The van der Waals surface area contributed by atoms with Crippen molar-refractivity contribution in [1.82, 2.24) is 10.6 Å². The lowest BCUT2D eigenvalue weighted by Crippen LogP contribution is -2.66. The van der Waals surface area contributed by atoms with Gasteiger partial charge in [0.1, 0.15) is 44.2 Å². The Hall–Kier alpha value is -3.75. The number of rotatable bonds is 20. The van der Waals surface area contributed by atoms with Gasteiger partial charge in [0.15, 0.2) is 18.5 Å². The molecule has 3 N–H and O–H groups in total. The maximum absolute atomic E-state index is 13.1. The monoisotopic (exact) mass is 834 g/mol. The van der Waals surface area contributed by atoms with Crippen LogP contribution < -0.4 is 10.6 Å². The first kappa shape index (κ1) is 46.6. The molecule has 2 unspecified atom stereocenters. The Morgan fingerprint density at radius 1 is 0.839 bits per heavy atom. The molecule has 0 aromatic heterocycles. The van der Waals surface area contributed by atoms with E-state index >= 15 is 0 Å². The van der Waals surface area contributed by atoms with Crippen molar-refractivity contribution in [1.29, 1.82) is 0 Å². The number of unbranched alkanes of at least 4 members (excludes halogenated alkanes) is 1. The minimum atomic E-state index is -3.70. The lowest BCUT2D eigenvalue weighted by molar-refractivity contribution is -0.277. The van der Waals surface area contributed by atoms with Crippen LogP contribution in [0.4, 0.5) is 4.79 Å². The predicted molar refractivity (Wildman–Crippen MR) is 196 cm³/mol. The number of amides is 2. The topological polar surface area (TPSA) is 239 Å². The average Bonchev–Trinajstić information content (AvgIpc) is 3.44. The summed E-state index contributed by atoms with van der Waals surface area (Å²) in [6.45, 7) is 0.421. The van der Waals surface area contributed by atoms with Gasteiger partial charge in [0.2, 0.25) is 11.8 Å². The molecule has 2 fully saturated rings. The molecule has 1 aromatic rings. The Kier molecular flexibility index (Phi) is 19.0. The van der Waals surface area contributed by atoms with E-state index in [2.05, 4.69) is 10.6 Å². The number of methoxy groups -OCH3 is 1. The number of carbonyl (C=O) groups excluding carboxylic acids is 6. The van der Waals surface area contributed by atoms with Gasteiger partial charge in [-0.05, 0) is 36.6 Å². The summed E-state index contributed by atoms with van der Waals surface area (Å²) in [6, 6.07) is 7.28. The molecule has 1 aromatic carbocycles. The van der Waals surface area contributed by atoms with Crippen LogP contribution in [0.5, 0.6) is 0 Å². The first-order valence-corrected chi connectivity index (χ1v) is 20.4. The molecule has 19 nitrogen and oxygen atoms in total. The molecule has 1 aliphatic heterocycles. The summed E-state index contributed by atoms with van der Waals surface area (Å²) >= 11 is 5.07. The van der Waals surface area contributed by atoms with Crippen LogP contribution in [0.1, 0.15) is 58.9 Å². The maximum atomic E-state index is 13.1. The van der Waals surface area contributed by atoms with E-state index in [1.807, 2.05) is 18.2 Å². The molecule has 1 saturated carbocycles. The van der Waals surface area contributed by atoms with Crippen LogP contribution in [0.15, 0.2) is 30.3 Å². The lowest BCUT2D eigenvalue weighted by atomic mass is 9.96. The fourth-order valence-corrected chi connectivity index (χ4v) is 7.25. The SMILES string of the molecule is CO[C@H]1C(OP(O)(=S)OC)[C@@H](COC(=O)OCc2ccccc2)C[C@H]1NC(=O)CCCCO[C@@H]1O[C@H](COC(C)=O)[C@H](OC(C)=O)[C@H](OC(C)=O)[C@H]1NC(C)=O. The summed E-state index contributed by atoms with van der Waals surface area (Å²) in [5, 5.41) is 5.54. The molecule has 1 saturated heterocycles. The van der Waals surface area contributed by atoms with E-state index in [4.69, 9.17) is 58.7 Å². The Balaban J connectivity index is 1.60. The number of ether oxygens (including phenoxy) is 8. The summed E-state index contributed by atoms with van der Waals surface area (Å²) in [7, 11) is 2.61. The van der Waals surface area contributed by atoms with Crippen molar-refractivity contribution >= 4 is 54.4 Å². The molecule has 1 heterocycles. The first-order chi connectivity index (χ1) is 26.5. The molecule has 1 aliphatic carbocycles. The minimum Gasteiger partial charge on any atom is -0.463 e. The zero-order valence-corrected chi connectivity index (χ0v) is 33.8. The summed E-state index contributed by atoms with van der Waals surface area (Å²) < 4.78 is 54.8. The second-order valence-corrected chi connectivity index (χ2v) is 15.9. The molecular formula is C35H51N2O17PS. The summed E-state index contributed by atoms with van der Waals surface area (Å²) in [5.74, 6) is -3.55. The van der Waals surface area contributed by atoms with Crippen molar-refractivity contribution in [3.05, 3.63) is 35.9 Å². The van der Waals surface area contributed by atoms with Gasteiger partial charge in [0.05, 0.1) is 6.04 Å². The van der Waals surface area contributed by atoms with Crippen LogP contribution in [0.3, 0.4) is 0 Å². The van der Waals surface area contributed by atoms with Crippen LogP contribution in [-0.2, 0) is 89.3 Å². The third-order valence-electron chi connectivity index (χ3n) is 8.61. The summed E-state index contributed by atoms with van der Waals surface area (Å²) in [6.07, 6.45) is -6.59. The van der Waals surface area contributed by atoms with Gasteiger partial charge < -0.3 is 62.5 Å². The normalized spacial score (nSPS) is 26.9. The third kappa shape index (κ3) is 15.3. The van der Waals surface area contributed by atoms with Crippen molar-refractivity contribution in [2.75, 3.05) is 34.0 Å². The predicted octanol–water partition coefficient (Wildman–Crippen LogP) is 1.95. The highest BCUT2D eigenvalue weighted by Crippen LogP contribution is 2.48. The molecule has 21 heteroatoms. The van der Waals surface area contributed by atoms with E-state index in [-0.39, 0.29) is 45.2 Å². The minimum absolute atomic E-state index is 0.00131. The average molecular weight is 835 g/mol. The molecule has 314 valence electrons. The molecule has 0 spiro atoms. The number of hydrogen-bond donors (Lipinski definition) is 3. The second kappa shape index (κ2) is 22.9. The van der Waals surface area contributed by atoms with Crippen molar-refractivity contribution in [3.8, 4) is 0 Å². The highest BCUT2D eigenvalue weighted by molar-refractivity contribution is 8.07. The van der Waals surface area contributed by atoms with Crippen LogP contribution in [-0.4, -0.2) is 124 Å². The van der Waals surface area contributed by atoms with Gasteiger partial charge in [0.25, 0.3) is 0 Å². The van der Waals surface area contributed by atoms with Gasteiger partial charge >= 0.3 is 30.8 Å². The Bertz CT molecular complexity index is 1540. The fraction of sp³-hybridized carbons (Fsp3) is 0.657. The molecule has 10 atom stereocenters. The van der Waals surface area contributed by atoms with Gasteiger partial charge in [-0.1, -0.05) is 30.3 Å². The van der Waals surface area contributed by atoms with Crippen LogP contribution in [0, 0.1) is 5.92 Å². The van der Waals surface area contributed by atoms with Gasteiger partial charge in [0, 0.05) is 60.9 Å². The second-order valence-electron chi connectivity index (χ2n) is 13.0. The lowest BCUT2D eigenvalue weighted by Gasteiger charge is -2.44. The summed E-state index contributed by atoms with van der Waals surface area (Å²) in [5.41, 5.74) is 0.769. The third-order valence-corrected chi connectivity index (χ3v) is 10.3.